The van der Waals surface area contributed by atoms with Gasteiger partial charge in [-0.2, -0.15) is 0 Å². The first-order valence-corrected chi connectivity index (χ1v) is 8.64. The van der Waals surface area contributed by atoms with Crippen LogP contribution in [-0.4, -0.2) is 34.8 Å². The highest BCUT2D eigenvalue weighted by Crippen LogP contribution is 2.24. The zero-order chi connectivity index (χ0) is 13.2. The Morgan fingerprint density at radius 1 is 1.32 bits per heavy atom. The second-order valence-corrected chi connectivity index (χ2v) is 7.31. The molecule has 1 aromatic rings. The average Bonchev–Trinajstić information content (AvgIpc) is 3.22. The van der Waals surface area contributed by atoms with E-state index in [1.807, 2.05) is 0 Å². The van der Waals surface area contributed by atoms with Crippen molar-refractivity contribution in [1.82, 2.24) is 5.32 Å². The third-order valence-electron chi connectivity index (χ3n) is 3.95. The van der Waals surface area contributed by atoms with Crippen molar-refractivity contribution in [2.24, 2.45) is 0 Å². The average molecular weight is 278 g/mol. The molecule has 4 heteroatoms. The summed E-state index contributed by atoms with van der Waals surface area (Å²) in [4.78, 5) is 2.37. The Morgan fingerprint density at radius 3 is 2.68 bits per heavy atom. The Bertz CT molecular complexity index is 475. The van der Waals surface area contributed by atoms with Crippen LogP contribution in [-0.2, 0) is 17.3 Å². The van der Waals surface area contributed by atoms with Crippen LogP contribution in [0.3, 0.4) is 0 Å². The fourth-order valence-corrected chi connectivity index (χ4v) is 3.66. The van der Waals surface area contributed by atoms with Gasteiger partial charge in [0.1, 0.15) is 0 Å². The molecule has 0 amide bonds. The predicted molar refractivity (Wildman–Crippen MR) is 81.1 cm³/mol. The minimum absolute atomic E-state index is 0.599. The Hall–Kier alpha value is -0.870. The van der Waals surface area contributed by atoms with Gasteiger partial charge in [0.15, 0.2) is 0 Å². The van der Waals surface area contributed by atoms with Gasteiger partial charge in [0.2, 0.25) is 0 Å². The molecule has 3 rings (SSSR count). The van der Waals surface area contributed by atoms with Crippen LogP contribution in [0.15, 0.2) is 18.2 Å². The first kappa shape index (κ1) is 13.1. The molecule has 2 fully saturated rings. The quantitative estimate of drug-likeness (QED) is 0.912. The molecule has 19 heavy (non-hydrogen) atoms. The molecule has 104 valence electrons. The highest BCUT2D eigenvalue weighted by molar-refractivity contribution is 7.85. The molecule has 1 saturated carbocycles. The number of rotatable bonds is 4. The smallest absolute Gasteiger partial charge is 0.0411 e. The van der Waals surface area contributed by atoms with Gasteiger partial charge in [-0.1, -0.05) is 12.1 Å². The van der Waals surface area contributed by atoms with E-state index in [-0.39, 0.29) is 0 Å². The number of hydrogen-bond donors (Lipinski definition) is 1. The largest absolute Gasteiger partial charge is 0.369 e. The van der Waals surface area contributed by atoms with Crippen molar-refractivity contribution in [2.75, 3.05) is 29.5 Å². The fourth-order valence-electron chi connectivity index (χ4n) is 2.61. The molecule has 1 aliphatic heterocycles. The number of aryl methyl sites for hydroxylation is 1. The summed E-state index contributed by atoms with van der Waals surface area (Å²) in [6, 6.07) is 7.50. The van der Waals surface area contributed by atoms with Crippen LogP contribution in [0.4, 0.5) is 5.69 Å². The molecule has 0 unspecified atom stereocenters. The van der Waals surface area contributed by atoms with Gasteiger partial charge in [0.25, 0.3) is 0 Å². The van der Waals surface area contributed by atoms with Crippen LogP contribution in [0.25, 0.3) is 0 Å². The number of nitrogens with one attached hydrogen (secondary N) is 1. The molecule has 3 nitrogen and oxygen atoms in total. The Morgan fingerprint density at radius 2 is 2.05 bits per heavy atom. The van der Waals surface area contributed by atoms with Gasteiger partial charge >= 0.3 is 0 Å². The van der Waals surface area contributed by atoms with Crippen molar-refractivity contribution in [1.29, 1.82) is 0 Å². The van der Waals surface area contributed by atoms with Crippen molar-refractivity contribution < 1.29 is 4.21 Å². The van der Waals surface area contributed by atoms with Gasteiger partial charge in [-0.3, -0.25) is 4.21 Å². The van der Waals surface area contributed by atoms with Crippen LogP contribution in [0.5, 0.6) is 0 Å². The first-order valence-electron chi connectivity index (χ1n) is 7.15. The standard InChI is InChI=1S/C15H22N2OS/c1-12-10-13(11-16-14-3-4-14)2-5-15(12)17-6-8-19(18)9-7-17/h2,5,10,14,16H,3-4,6-9,11H2,1H3. The maximum Gasteiger partial charge on any atom is 0.0411 e. The van der Waals surface area contributed by atoms with Crippen LogP contribution in [0.1, 0.15) is 24.0 Å². The lowest BCUT2D eigenvalue weighted by atomic mass is 10.1. The van der Waals surface area contributed by atoms with Crippen molar-refractivity contribution in [3.8, 4) is 0 Å². The summed E-state index contributed by atoms with van der Waals surface area (Å²) in [5.74, 6) is 1.62. The van der Waals surface area contributed by atoms with Gasteiger partial charge < -0.3 is 10.2 Å². The molecule has 1 aliphatic carbocycles. The number of anilines is 1. The second-order valence-electron chi connectivity index (χ2n) is 5.61. The van der Waals surface area contributed by atoms with Crippen molar-refractivity contribution in [3.05, 3.63) is 29.3 Å². The lowest BCUT2D eigenvalue weighted by Crippen LogP contribution is -2.38. The van der Waals surface area contributed by atoms with E-state index in [1.54, 1.807) is 0 Å². The summed E-state index contributed by atoms with van der Waals surface area (Å²) in [7, 11) is -0.599. The molecule has 0 aromatic heterocycles. The van der Waals surface area contributed by atoms with Crippen molar-refractivity contribution >= 4 is 16.5 Å². The summed E-state index contributed by atoms with van der Waals surface area (Å²) in [6.45, 7) is 5.01. The lowest BCUT2D eigenvalue weighted by Gasteiger charge is -2.30. The van der Waals surface area contributed by atoms with E-state index >= 15 is 0 Å². The molecule has 1 saturated heterocycles. The van der Waals surface area contributed by atoms with E-state index in [0.29, 0.717) is 0 Å². The van der Waals surface area contributed by atoms with Gasteiger partial charge in [-0.05, 0) is 37.0 Å². The summed E-state index contributed by atoms with van der Waals surface area (Å²) < 4.78 is 11.4. The zero-order valence-electron chi connectivity index (χ0n) is 11.5. The SMILES string of the molecule is Cc1cc(CNC2CC2)ccc1N1CCS(=O)CC1. The monoisotopic (exact) mass is 278 g/mol. The summed E-state index contributed by atoms with van der Waals surface area (Å²) in [6.07, 6.45) is 2.67. The number of benzene rings is 1. The molecule has 0 atom stereocenters. The first-order chi connectivity index (χ1) is 9.22. The van der Waals surface area contributed by atoms with Crippen LogP contribution >= 0.6 is 0 Å². The third-order valence-corrected chi connectivity index (χ3v) is 5.23. The molecule has 1 heterocycles. The van der Waals surface area contributed by atoms with Crippen LogP contribution in [0, 0.1) is 6.92 Å². The third kappa shape index (κ3) is 3.37. The minimum Gasteiger partial charge on any atom is -0.369 e. The lowest BCUT2D eigenvalue weighted by molar-refractivity contribution is 0.673. The van der Waals surface area contributed by atoms with Gasteiger partial charge in [0.05, 0.1) is 0 Å². The van der Waals surface area contributed by atoms with E-state index in [9.17, 15) is 4.21 Å². The molecule has 0 radical (unpaired) electrons. The molecular weight excluding hydrogens is 256 g/mol. The maximum absolute atomic E-state index is 11.4. The molecule has 0 spiro atoms. The van der Waals surface area contributed by atoms with Gasteiger partial charge in [0, 0.05) is 53.7 Å². The van der Waals surface area contributed by atoms with Crippen LogP contribution < -0.4 is 10.2 Å². The Kier molecular flexibility index (Phi) is 3.89. The van der Waals surface area contributed by atoms with Crippen molar-refractivity contribution in [2.45, 2.75) is 32.4 Å². The number of nitrogens with zero attached hydrogens (tertiary/aromatic N) is 1. The molecular formula is C15H22N2OS. The molecule has 2 aliphatic rings. The van der Waals surface area contributed by atoms with E-state index in [2.05, 4.69) is 35.3 Å². The maximum atomic E-state index is 11.4. The highest BCUT2D eigenvalue weighted by atomic mass is 32.2. The second kappa shape index (κ2) is 5.63. The van der Waals surface area contributed by atoms with E-state index in [0.717, 1.165) is 37.2 Å². The highest BCUT2D eigenvalue weighted by Gasteiger charge is 2.20. The van der Waals surface area contributed by atoms with E-state index in [1.165, 1.54) is 29.7 Å². The van der Waals surface area contributed by atoms with E-state index in [4.69, 9.17) is 0 Å². The van der Waals surface area contributed by atoms with Crippen molar-refractivity contribution in [3.63, 3.8) is 0 Å². The Labute approximate surface area is 117 Å². The molecule has 1 N–H and O–H groups in total. The summed E-state index contributed by atoms with van der Waals surface area (Å²) in [5, 5.41) is 3.55. The molecule has 1 aromatic carbocycles. The van der Waals surface area contributed by atoms with Gasteiger partial charge in [-0.25, -0.2) is 0 Å². The topological polar surface area (TPSA) is 32.3 Å². The predicted octanol–water partition coefficient (Wildman–Crippen LogP) is 1.82. The minimum atomic E-state index is -0.599. The van der Waals surface area contributed by atoms with Gasteiger partial charge in [-0.15, -0.1) is 0 Å². The fraction of sp³-hybridized carbons (Fsp3) is 0.600. The Balaban J connectivity index is 1.66. The molecule has 0 bridgehead atoms. The van der Waals surface area contributed by atoms with Crippen LogP contribution in [0.2, 0.25) is 0 Å². The summed E-state index contributed by atoms with van der Waals surface area (Å²) >= 11 is 0. The normalized spacial score (nSPS) is 20.8. The summed E-state index contributed by atoms with van der Waals surface area (Å²) in [5.41, 5.74) is 4.02. The van der Waals surface area contributed by atoms with E-state index < -0.39 is 10.8 Å². The zero-order valence-corrected chi connectivity index (χ0v) is 12.3. The number of hydrogen-bond acceptors (Lipinski definition) is 3.